The van der Waals surface area contributed by atoms with E-state index in [1.165, 1.54) is 16.5 Å². The highest BCUT2D eigenvalue weighted by Crippen LogP contribution is 2.35. The monoisotopic (exact) mass is 669 g/mol. The molecule has 250 valence electrons. The normalized spacial score (nSPS) is 19.2. The number of rotatable bonds is 8. The fourth-order valence-corrected chi connectivity index (χ4v) is 6.67. The van der Waals surface area contributed by atoms with E-state index in [4.69, 9.17) is 24.2 Å². The Kier molecular flexibility index (Phi) is 10.8. The van der Waals surface area contributed by atoms with Crippen molar-refractivity contribution >= 4 is 40.8 Å². The predicted molar refractivity (Wildman–Crippen MR) is 186 cm³/mol. The summed E-state index contributed by atoms with van der Waals surface area (Å²) in [5.41, 5.74) is 4.10. The number of nitriles is 1. The third kappa shape index (κ3) is 7.41. The highest BCUT2D eigenvalue weighted by atomic mass is 35.5. The van der Waals surface area contributed by atoms with Crippen LogP contribution in [0, 0.1) is 11.3 Å². The molecule has 0 unspecified atom stereocenters. The highest BCUT2D eigenvalue weighted by Gasteiger charge is 2.35. The van der Waals surface area contributed by atoms with Crippen LogP contribution in [-0.4, -0.2) is 85.6 Å². The molecule has 48 heavy (non-hydrogen) atoms. The van der Waals surface area contributed by atoms with Crippen LogP contribution in [0.15, 0.2) is 72.8 Å². The molecule has 1 aromatic heterocycles. The Bertz CT molecular complexity index is 1740. The Labute approximate surface area is 286 Å². The van der Waals surface area contributed by atoms with E-state index in [0.29, 0.717) is 51.9 Å². The maximum absolute atomic E-state index is 13.2. The molecule has 3 aromatic carbocycles. The average molecular weight is 670 g/mol. The van der Waals surface area contributed by atoms with Crippen molar-refractivity contribution in [3.8, 4) is 12.1 Å². The fourth-order valence-electron chi connectivity index (χ4n) is 6.67. The van der Waals surface area contributed by atoms with Crippen LogP contribution in [0.1, 0.15) is 23.2 Å². The molecule has 1 amide bonds. The molecule has 2 saturated heterocycles. The number of nitrogens with zero attached hydrogens (tertiary/aromatic N) is 6. The van der Waals surface area contributed by atoms with Gasteiger partial charge in [0.1, 0.15) is 25.1 Å². The maximum atomic E-state index is 13.2. The molecule has 1 N–H and O–H groups in total. The van der Waals surface area contributed by atoms with Crippen LogP contribution in [0.2, 0.25) is 0 Å². The summed E-state index contributed by atoms with van der Waals surface area (Å²) in [7, 11) is 0. The minimum atomic E-state index is -0.408. The average Bonchev–Trinajstić information content (AvgIpc) is 3.13. The SMILES string of the molecule is Cl.N#CC[C@H]1CN(c2nc(OC[C@H]3CNCCO3)nc3c2CCN(c2cccc4ccccc24)C3)CCN1C(=O)OCc1ccccc1. The zero-order valence-electron chi connectivity index (χ0n) is 26.8. The molecule has 0 aliphatic carbocycles. The van der Waals surface area contributed by atoms with Gasteiger partial charge in [-0.3, -0.25) is 0 Å². The Morgan fingerprint density at radius 3 is 2.67 bits per heavy atom. The second-order valence-corrected chi connectivity index (χ2v) is 12.1. The largest absolute Gasteiger partial charge is 0.461 e. The zero-order valence-corrected chi connectivity index (χ0v) is 27.6. The summed E-state index contributed by atoms with van der Waals surface area (Å²) in [5.74, 6) is 0.811. The van der Waals surface area contributed by atoms with Gasteiger partial charge in [-0.2, -0.15) is 15.2 Å². The second-order valence-electron chi connectivity index (χ2n) is 12.1. The molecular weight excluding hydrogens is 630 g/mol. The molecule has 3 aliphatic rings. The van der Waals surface area contributed by atoms with Gasteiger partial charge in [0, 0.05) is 55.9 Å². The number of carbonyl (C=O) groups is 1. The first-order valence-corrected chi connectivity index (χ1v) is 16.3. The van der Waals surface area contributed by atoms with E-state index in [-0.39, 0.29) is 37.6 Å². The number of morpholine rings is 1. The van der Waals surface area contributed by atoms with E-state index in [0.717, 1.165) is 42.1 Å². The van der Waals surface area contributed by atoms with Gasteiger partial charge >= 0.3 is 12.1 Å². The van der Waals surface area contributed by atoms with Gasteiger partial charge in [-0.15, -0.1) is 12.4 Å². The third-order valence-electron chi connectivity index (χ3n) is 9.08. The summed E-state index contributed by atoms with van der Waals surface area (Å²) in [6.07, 6.45) is 0.458. The maximum Gasteiger partial charge on any atom is 0.410 e. The molecule has 12 heteroatoms. The standard InChI is InChI=1S/C36H39N7O4.ClH/c37-15-13-28-22-42(18-19-43(28)36(44)47-24-26-7-2-1-3-8-26)34-31-14-17-41(33-12-6-10-27-9-4-5-11-30(27)33)23-32(31)39-35(40-34)46-25-29-21-38-16-20-45-29;/h1-12,28-29,38H,13-14,16-25H2;1H/t28-,29+;/m0./s1. The molecule has 3 aliphatic heterocycles. The number of nitrogens with one attached hydrogen (secondary N) is 1. The van der Waals surface area contributed by atoms with Crippen molar-refractivity contribution in [2.24, 2.45) is 0 Å². The summed E-state index contributed by atoms with van der Waals surface area (Å²) in [5, 5.41) is 15.5. The first-order chi connectivity index (χ1) is 23.2. The van der Waals surface area contributed by atoms with E-state index in [1.54, 1.807) is 4.90 Å². The topological polar surface area (TPSA) is 116 Å². The van der Waals surface area contributed by atoms with Gasteiger partial charge in [-0.1, -0.05) is 66.7 Å². The third-order valence-corrected chi connectivity index (χ3v) is 9.08. The lowest BCUT2D eigenvalue weighted by Gasteiger charge is -2.42. The number of amides is 1. The van der Waals surface area contributed by atoms with E-state index in [1.807, 2.05) is 30.3 Å². The lowest BCUT2D eigenvalue weighted by molar-refractivity contribution is -0.00183. The van der Waals surface area contributed by atoms with Crippen LogP contribution in [0.5, 0.6) is 6.01 Å². The quantitative estimate of drug-likeness (QED) is 0.283. The first-order valence-electron chi connectivity index (χ1n) is 16.3. The number of hydrogen-bond donors (Lipinski definition) is 1. The molecule has 0 saturated carbocycles. The van der Waals surface area contributed by atoms with Crippen LogP contribution in [0.25, 0.3) is 10.8 Å². The number of piperazine rings is 1. The van der Waals surface area contributed by atoms with E-state index in [9.17, 15) is 10.1 Å². The molecule has 2 fully saturated rings. The molecule has 7 rings (SSSR count). The van der Waals surface area contributed by atoms with Gasteiger partial charge in [0.2, 0.25) is 0 Å². The van der Waals surface area contributed by atoms with Crippen LogP contribution >= 0.6 is 12.4 Å². The van der Waals surface area contributed by atoms with Crippen molar-refractivity contribution in [3.05, 3.63) is 89.6 Å². The van der Waals surface area contributed by atoms with Crippen LogP contribution < -0.4 is 19.9 Å². The van der Waals surface area contributed by atoms with E-state index >= 15 is 0 Å². The highest BCUT2D eigenvalue weighted by molar-refractivity contribution is 5.94. The summed E-state index contributed by atoms with van der Waals surface area (Å²) < 4.78 is 17.7. The lowest BCUT2D eigenvalue weighted by Crippen LogP contribution is -2.55. The van der Waals surface area contributed by atoms with Crippen molar-refractivity contribution in [1.82, 2.24) is 20.2 Å². The Hall–Kier alpha value is -4.63. The Balaban J connectivity index is 0.00000401. The minimum absolute atomic E-state index is 0. The number of fused-ring (bicyclic) bond motifs is 2. The fraction of sp³-hybridized carbons (Fsp3) is 0.389. The molecule has 0 radical (unpaired) electrons. The van der Waals surface area contributed by atoms with Crippen molar-refractivity contribution in [1.29, 1.82) is 5.26 Å². The number of hydrogen-bond acceptors (Lipinski definition) is 10. The Morgan fingerprint density at radius 2 is 1.83 bits per heavy atom. The van der Waals surface area contributed by atoms with Crippen molar-refractivity contribution in [2.75, 3.05) is 62.3 Å². The number of benzene rings is 3. The number of anilines is 2. The van der Waals surface area contributed by atoms with Gasteiger partial charge in [0.05, 0.1) is 37.4 Å². The molecule has 0 spiro atoms. The Morgan fingerprint density at radius 1 is 1.00 bits per heavy atom. The smallest absolute Gasteiger partial charge is 0.410 e. The van der Waals surface area contributed by atoms with Crippen molar-refractivity contribution in [2.45, 2.75) is 38.1 Å². The summed E-state index contributed by atoms with van der Waals surface area (Å²) in [6.45, 7) is 5.56. The number of ether oxygens (including phenoxy) is 3. The first kappa shape index (κ1) is 33.3. The summed E-state index contributed by atoms with van der Waals surface area (Å²) in [6, 6.07) is 26.7. The molecule has 2 atom stereocenters. The number of carbonyl (C=O) groups excluding carboxylic acids is 1. The van der Waals surface area contributed by atoms with Gasteiger partial charge in [0.15, 0.2) is 0 Å². The molecule has 11 nitrogen and oxygen atoms in total. The molecular formula is C36H40ClN7O4. The van der Waals surface area contributed by atoms with Gasteiger partial charge in [0.25, 0.3) is 0 Å². The van der Waals surface area contributed by atoms with E-state index in [2.05, 4.69) is 63.7 Å². The van der Waals surface area contributed by atoms with Crippen molar-refractivity contribution in [3.63, 3.8) is 0 Å². The van der Waals surface area contributed by atoms with Crippen LogP contribution in [-0.2, 0) is 29.0 Å². The zero-order chi connectivity index (χ0) is 32.0. The number of aromatic nitrogens is 2. The van der Waals surface area contributed by atoms with Crippen molar-refractivity contribution < 1.29 is 19.0 Å². The molecule has 4 aromatic rings. The minimum Gasteiger partial charge on any atom is -0.461 e. The summed E-state index contributed by atoms with van der Waals surface area (Å²) in [4.78, 5) is 29.3. The van der Waals surface area contributed by atoms with E-state index < -0.39 is 6.09 Å². The van der Waals surface area contributed by atoms with Gasteiger partial charge in [-0.05, 0) is 23.4 Å². The lowest BCUT2D eigenvalue weighted by atomic mass is 10.0. The van der Waals surface area contributed by atoms with Gasteiger partial charge in [-0.25, -0.2) is 4.79 Å². The molecule has 0 bridgehead atoms. The summed E-state index contributed by atoms with van der Waals surface area (Å²) >= 11 is 0. The van der Waals surface area contributed by atoms with Crippen LogP contribution in [0.4, 0.5) is 16.3 Å². The predicted octanol–water partition coefficient (Wildman–Crippen LogP) is 4.72. The van der Waals surface area contributed by atoms with Gasteiger partial charge < -0.3 is 34.2 Å². The number of halogens is 1. The molecule has 4 heterocycles. The second kappa shape index (κ2) is 15.5. The van der Waals surface area contributed by atoms with Crippen LogP contribution in [0.3, 0.4) is 0 Å².